The minimum atomic E-state index is -0.0931. The van der Waals surface area contributed by atoms with Crippen LogP contribution in [0.1, 0.15) is 40.5 Å². The molecule has 3 rings (SSSR count). The molecule has 0 N–H and O–H groups in total. The zero-order valence-corrected chi connectivity index (χ0v) is 16.7. The van der Waals surface area contributed by atoms with Crippen molar-refractivity contribution < 1.29 is 9.59 Å². The third-order valence-electron chi connectivity index (χ3n) is 5.11. The highest BCUT2D eigenvalue weighted by atomic mass is 16.2. The van der Waals surface area contributed by atoms with E-state index < -0.39 is 0 Å². The normalized spacial score (nSPS) is 14.1. The lowest BCUT2D eigenvalue weighted by atomic mass is 10.1. The first-order chi connectivity index (χ1) is 13.6. The predicted molar refractivity (Wildman–Crippen MR) is 111 cm³/mol. The van der Waals surface area contributed by atoms with Crippen LogP contribution in [0.4, 0.5) is 5.69 Å². The molecule has 2 amide bonds. The van der Waals surface area contributed by atoms with Crippen LogP contribution >= 0.6 is 0 Å². The van der Waals surface area contributed by atoms with Crippen LogP contribution in [0.25, 0.3) is 0 Å². The summed E-state index contributed by atoms with van der Waals surface area (Å²) in [6.07, 6.45) is 5.08. The van der Waals surface area contributed by atoms with Crippen molar-refractivity contribution in [2.24, 2.45) is 0 Å². The molecule has 28 heavy (non-hydrogen) atoms. The Morgan fingerprint density at radius 2 is 1.71 bits per heavy atom. The van der Waals surface area contributed by atoms with E-state index in [9.17, 15) is 9.59 Å². The second kappa shape index (κ2) is 9.35. The third-order valence-corrected chi connectivity index (χ3v) is 5.11. The Kier molecular flexibility index (Phi) is 6.63. The summed E-state index contributed by atoms with van der Waals surface area (Å²) in [6, 6.07) is 11.9. The van der Waals surface area contributed by atoms with Crippen molar-refractivity contribution in [1.29, 1.82) is 0 Å². The molecule has 1 saturated heterocycles. The highest BCUT2D eigenvalue weighted by Crippen LogP contribution is 2.17. The molecular weight excluding hydrogens is 352 g/mol. The van der Waals surface area contributed by atoms with Crippen molar-refractivity contribution >= 4 is 17.5 Å². The number of hydrogen-bond donors (Lipinski definition) is 0. The van der Waals surface area contributed by atoms with E-state index in [1.165, 1.54) is 11.9 Å². The first-order valence-corrected chi connectivity index (χ1v) is 9.90. The number of anilines is 1. The Hall–Kier alpha value is -2.89. The summed E-state index contributed by atoms with van der Waals surface area (Å²) >= 11 is 0. The van der Waals surface area contributed by atoms with E-state index in [0.29, 0.717) is 30.8 Å². The van der Waals surface area contributed by atoms with Crippen molar-refractivity contribution in [2.45, 2.75) is 19.8 Å². The first kappa shape index (κ1) is 19.9. The molecule has 2 heterocycles. The summed E-state index contributed by atoms with van der Waals surface area (Å²) in [5.41, 5.74) is 2.12. The molecule has 1 fully saturated rings. The van der Waals surface area contributed by atoms with E-state index in [1.54, 1.807) is 24.2 Å². The first-order valence-electron chi connectivity index (χ1n) is 9.90. The molecule has 2 aromatic rings. The van der Waals surface area contributed by atoms with Gasteiger partial charge in [-0.15, -0.1) is 0 Å². The largest absolute Gasteiger partial charge is 0.368 e. The molecule has 0 radical (unpaired) electrons. The lowest BCUT2D eigenvalue weighted by Gasteiger charge is -2.36. The number of rotatable bonds is 6. The van der Waals surface area contributed by atoms with Crippen LogP contribution in [0.5, 0.6) is 0 Å². The SMILES string of the molecule is CCCCN(C)C(=O)c1cncc(C(=O)N2CCN(c3ccccc3)CC2)c1. The van der Waals surface area contributed by atoms with Crippen LogP contribution in [0.2, 0.25) is 0 Å². The monoisotopic (exact) mass is 380 g/mol. The zero-order chi connectivity index (χ0) is 19.9. The third kappa shape index (κ3) is 4.68. The number of pyridine rings is 1. The van der Waals surface area contributed by atoms with Gasteiger partial charge in [-0.05, 0) is 24.6 Å². The van der Waals surface area contributed by atoms with Gasteiger partial charge in [0.1, 0.15) is 0 Å². The number of amides is 2. The topological polar surface area (TPSA) is 56.8 Å². The van der Waals surface area contributed by atoms with Gasteiger partial charge in [-0.3, -0.25) is 14.6 Å². The molecule has 0 aliphatic carbocycles. The van der Waals surface area contributed by atoms with Gasteiger partial charge in [0.15, 0.2) is 0 Å². The number of benzene rings is 1. The number of hydrogen-bond acceptors (Lipinski definition) is 4. The molecule has 6 nitrogen and oxygen atoms in total. The van der Waals surface area contributed by atoms with Crippen LogP contribution < -0.4 is 4.90 Å². The number of carbonyl (C=O) groups is 2. The molecule has 1 aromatic heterocycles. The van der Waals surface area contributed by atoms with E-state index in [4.69, 9.17) is 0 Å². The van der Waals surface area contributed by atoms with E-state index in [0.717, 1.165) is 25.9 Å². The van der Waals surface area contributed by atoms with Crippen molar-refractivity contribution in [3.63, 3.8) is 0 Å². The Bertz CT molecular complexity index is 801. The standard InChI is InChI=1S/C22H28N4O2/c1-3-4-10-24(2)21(27)18-15-19(17-23-16-18)22(28)26-13-11-25(12-14-26)20-8-6-5-7-9-20/h5-9,15-17H,3-4,10-14H2,1-2H3. The van der Waals surface area contributed by atoms with Gasteiger partial charge in [0.2, 0.25) is 0 Å². The fourth-order valence-electron chi connectivity index (χ4n) is 3.38. The van der Waals surface area contributed by atoms with Crippen LogP contribution in [-0.4, -0.2) is 66.4 Å². The molecule has 1 aliphatic heterocycles. The summed E-state index contributed by atoms with van der Waals surface area (Å²) in [6.45, 7) is 5.69. The van der Waals surface area contributed by atoms with E-state index >= 15 is 0 Å². The summed E-state index contributed by atoms with van der Waals surface area (Å²) in [4.78, 5) is 35.4. The molecule has 0 spiro atoms. The van der Waals surface area contributed by atoms with Gasteiger partial charge in [-0.1, -0.05) is 31.5 Å². The minimum absolute atomic E-state index is 0.0638. The van der Waals surface area contributed by atoms with Crippen LogP contribution in [0.15, 0.2) is 48.8 Å². The quantitative estimate of drug-likeness (QED) is 0.773. The lowest BCUT2D eigenvalue weighted by Crippen LogP contribution is -2.48. The van der Waals surface area contributed by atoms with E-state index in [-0.39, 0.29) is 11.8 Å². The van der Waals surface area contributed by atoms with Gasteiger partial charge in [0.05, 0.1) is 11.1 Å². The van der Waals surface area contributed by atoms with Gasteiger partial charge >= 0.3 is 0 Å². The average Bonchev–Trinajstić information content (AvgIpc) is 2.77. The van der Waals surface area contributed by atoms with Gasteiger partial charge in [0, 0.05) is 57.9 Å². The number of piperazine rings is 1. The van der Waals surface area contributed by atoms with E-state index in [1.807, 2.05) is 23.1 Å². The molecule has 0 saturated carbocycles. The fourth-order valence-corrected chi connectivity index (χ4v) is 3.38. The van der Waals surface area contributed by atoms with Gasteiger partial charge in [0.25, 0.3) is 11.8 Å². The maximum atomic E-state index is 12.9. The van der Waals surface area contributed by atoms with Crippen LogP contribution in [-0.2, 0) is 0 Å². The maximum absolute atomic E-state index is 12.9. The molecule has 1 aromatic carbocycles. The molecule has 6 heteroatoms. The average molecular weight is 380 g/mol. The summed E-state index contributed by atoms with van der Waals surface area (Å²) in [7, 11) is 1.79. The minimum Gasteiger partial charge on any atom is -0.368 e. The molecule has 0 unspecified atom stereocenters. The Morgan fingerprint density at radius 3 is 2.39 bits per heavy atom. The number of para-hydroxylation sites is 1. The predicted octanol–water partition coefficient (Wildman–Crippen LogP) is 2.92. The zero-order valence-electron chi connectivity index (χ0n) is 16.7. The molecule has 148 valence electrons. The molecular formula is C22H28N4O2. The Morgan fingerprint density at radius 1 is 1.04 bits per heavy atom. The second-order valence-electron chi connectivity index (χ2n) is 7.16. The summed E-state index contributed by atoms with van der Waals surface area (Å²) in [5.74, 6) is -0.157. The van der Waals surface area contributed by atoms with E-state index in [2.05, 4.69) is 28.9 Å². The number of carbonyl (C=O) groups excluding carboxylic acids is 2. The second-order valence-corrected chi connectivity index (χ2v) is 7.16. The van der Waals surface area contributed by atoms with Gasteiger partial charge in [-0.2, -0.15) is 0 Å². The summed E-state index contributed by atoms with van der Waals surface area (Å²) in [5, 5.41) is 0. The Labute approximate surface area is 166 Å². The lowest BCUT2D eigenvalue weighted by molar-refractivity contribution is 0.0746. The van der Waals surface area contributed by atoms with Crippen molar-refractivity contribution in [1.82, 2.24) is 14.8 Å². The number of unbranched alkanes of at least 4 members (excludes halogenated alkanes) is 1. The number of nitrogens with zero attached hydrogens (tertiary/aromatic N) is 4. The van der Waals surface area contributed by atoms with Crippen LogP contribution in [0, 0.1) is 0 Å². The maximum Gasteiger partial charge on any atom is 0.255 e. The fraction of sp³-hybridized carbons (Fsp3) is 0.409. The molecule has 0 bridgehead atoms. The van der Waals surface area contributed by atoms with Crippen molar-refractivity contribution in [2.75, 3.05) is 44.7 Å². The highest BCUT2D eigenvalue weighted by molar-refractivity contribution is 5.99. The van der Waals surface area contributed by atoms with Gasteiger partial charge in [-0.25, -0.2) is 0 Å². The Balaban J connectivity index is 1.63. The highest BCUT2D eigenvalue weighted by Gasteiger charge is 2.23. The van der Waals surface area contributed by atoms with Gasteiger partial charge < -0.3 is 14.7 Å². The number of aromatic nitrogens is 1. The smallest absolute Gasteiger partial charge is 0.255 e. The molecule has 0 atom stereocenters. The van der Waals surface area contributed by atoms with Crippen molar-refractivity contribution in [3.05, 3.63) is 59.9 Å². The van der Waals surface area contributed by atoms with Crippen LogP contribution in [0.3, 0.4) is 0 Å². The molecule has 1 aliphatic rings. The summed E-state index contributed by atoms with van der Waals surface area (Å²) < 4.78 is 0. The van der Waals surface area contributed by atoms with Crippen molar-refractivity contribution in [3.8, 4) is 0 Å².